The fourth-order valence-corrected chi connectivity index (χ4v) is 4.62. The number of carbonyl (C=O) groups excluding carboxylic acids is 1. The van der Waals surface area contributed by atoms with Gasteiger partial charge in [0, 0.05) is 41.4 Å². The van der Waals surface area contributed by atoms with Gasteiger partial charge in [0.25, 0.3) is 0 Å². The van der Waals surface area contributed by atoms with E-state index in [1.54, 1.807) is 0 Å². The SMILES string of the molecule is O=C(CCN(c1nc(C2CC2)nc2cc(Cl)ccc12)C1CCCCC1)NC1CC1. The van der Waals surface area contributed by atoms with Crippen molar-refractivity contribution in [3.8, 4) is 0 Å². The Morgan fingerprint density at radius 3 is 2.59 bits per heavy atom. The van der Waals surface area contributed by atoms with Crippen LogP contribution in [0.1, 0.15) is 76.0 Å². The maximum absolute atomic E-state index is 12.4. The van der Waals surface area contributed by atoms with Crippen LogP contribution in [0, 0.1) is 0 Å². The highest BCUT2D eigenvalue weighted by molar-refractivity contribution is 6.31. The monoisotopic (exact) mass is 412 g/mol. The summed E-state index contributed by atoms with van der Waals surface area (Å²) >= 11 is 6.28. The van der Waals surface area contributed by atoms with E-state index in [0.717, 1.165) is 35.4 Å². The average molecular weight is 413 g/mol. The van der Waals surface area contributed by atoms with Crippen LogP contribution in [-0.2, 0) is 4.79 Å². The van der Waals surface area contributed by atoms with Gasteiger partial charge in [0.15, 0.2) is 0 Å². The molecule has 1 amide bonds. The van der Waals surface area contributed by atoms with E-state index in [1.165, 1.54) is 44.9 Å². The predicted molar refractivity (Wildman–Crippen MR) is 117 cm³/mol. The van der Waals surface area contributed by atoms with Gasteiger partial charge in [-0.2, -0.15) is 0 Å². The second-order valence-electron chi connectivity index (χ2n) is 8.92. The van der Waals surface area contributed by atoms with Crippen LogP contribution in [0.2, 0.25) is 5.02 Å². The van der Waals surface area contributed by atoms with Crippen molar-refractivity contribution in [3.63, 3.8) is 0 Å². The van der Waals surface area contributed by atoms with Gasteiger partial charge in [-0.05, 0) is 56.7 Å². The third kappa shape index (κ3) is 4.50. The Balaban J connectivity index is 1.49. The lowest BCUT2D eigenvalue weighted by Gasteiger charge is -2.36. The van der Waals surface area contributed by atoms with Crippen molar-refractivity contribution < 1.29 is 4.79 Å². The topological polar surface area (TPSA) is 58.1 Å². The van der Waals surface area contributed by atoms with E-state index in [1.807, 2.05) is 18.2 Å². The minimum Gasteiger partial charge on any atom is -0.353 e. The molecule has 1 aromatic carbocycles. The maximum Gasteiger partial charge on any atom is 0.221 e. The first kappa shape index (κ1) is 19.1. The summed E-state index contributed by atoms with van der Waals surface area (Å²) in [5.41, 5.74) is 0.924. The second-order valence-corrected chi connectivity index (χ2v) is 9.35. The molecule has 154 valence electrons. The summed E-state index contributed by atoms with van der Waals surface area (Å²) < 4.78 is 0. The van der Waals surface area contributed by atoms with Crippen LogP contribution in [0.3, 0.4) is 0 Å². The molecule has 5 rings (SSSR count). The normalized spacial score (nSPS) is 20.0. The largest absolute Gasteiger partial charge is 0.353 e. The Morgan fingerprint density at radius 2 is 1.86 bits per heavy atom. The molecule has 0 spiro atoms. The van der Waals surface area contributed by atoms with Crippen molar-refractivity contribution >= 4 is 34.2 Å². The van der Waals surface area contributed by atoms with Crippen LogP contribution in [0.25, 0.3) is 10.9 Å². The fourth-order valence-electron chi connectivity index (χ4n) is 4.45. The number of fused-ring (bicyclic) bond motifs is 1. The molecule has 3 fully saturated rings. The Morgan fingerprint density at radius 1 is 1.07 bits per heavy atom. The summed E-state index contributed by atoms with van der Waals surface area (Å²) in [6.07, 6.45) is 11.2. The molecule has 1 aromatic heterocycles. The van der Waals surface area contributed by atoms with Crippen molar-refractivity contribution in [1.82, 2.24) is 15.3 Å². The summed E-state index contributed by atoms with van der Waals surface area (Å²) in [6.45, 7) is 0.710. The highest BCUT2D eigenvalue weighted by atomic mass is 35.5. The highest BCUT2D eigenvalue weighted by Gasteiger charge is 2.31. The van der Waals surface area contributed by atoms with Crippen LogP contribution in [0.5, 0.6) is 0 Å². The van der Waals surface area contributed by atoms with Crippen molar-refractivity contribution in [3.05, 3.63) is 29.0 Å². The molecule has 6 heteroatoms. The standard InChI is InChI=1S/C23H29ClN4O/c24-16-8-11-19-20(14-16)26-22(15-6-7-15)27-23(19)28(18-4-2-1-3-5-18)13-12-21(29)25-17-9-10-17/h8,11,14-15,17-18H,1-7,9-10,12-13H2,(H,25,29). The first-order valence-corrected chi connectivity index (χ1v) is 11.6. The zero-order valence-corrected chi connectivity index (χ0v) is 17.6. The third-order valence-corrected chi connectivity index (χ3v) is 6.64. The van der Waals surface area contributed by atoms with E-state index < -0.39 is 0 Å². The predicted octanol–water partition coefficient (Wildman–Crippen LogP) is 4.97. The molecule has 1 N–H and O–H groups in total. The molecule has 3 aliphatic rings. The molecule has 0 saturated heterocycles. The fraction of sp³-hybridized carbons (Fsp3) is 0.609. The van der Waals surface area contributed by atoms with Crippen LogP contribution in [0.15, 0.2) is 18.2 Å². The minimum absolute atomic E-state index is 0.164. The summed E-state index contributed by atoms with van der Waals surface area (Å²) in [5.74, 6) is 2.58. The van der Waals surface area contributed by atoms with E-state index >= 15 is 0 Å². The van der Waals surface area contributed by atoms with Crippen LogP contribution < -0.4 is 10.2 Å². The van der Waals surface area contributed by atoms with Gasteiger partial charge in [0.2, 0.25) is 5.91 Å². The molecular formula is C23H29ClN4O. The number of hydrogen-bond donors (Lipinski definition) is 1. The van der Waals surface area contributed by atoms with E-state index in [-0.39, 0.29) is 5.91 Å². The van der Waals surface area contributed by atoms with Gasteiger partial charge in [-0.15, -0.1) is 0 Å². The Hall–Kier alpha value is -1.88. The quantitative estimate of drug-likeness (QED) is 0.697. The molecule has 3 aliphatic carbocycles. The number of nitrogens with one attached hydrogen (secondary N) is 1. The third-order valence-electron chi connectivity index (χ3n) is 6.41. The van der Waals surface area contributed by atoms with E-state index in [4.69, 9.17) is 21.6 Å². The van der Waals surface area contributed by atoms with Crippen molar-refractivity contribution in [1.29, 1.82) is 0 Å². The molecule has 1 heterocycles. The molecule has 0 atom stereocenters. The van der Waals surface area contributed by atoms with E-state index in [9.17, 15) is 4.79 Å². The van der Waals surface area contributed by atoms with Gasteiger partial charge < -0.3 is 10.2 Å². The average Bonchev–Trinajstić information content (AvgIpc) is 3.62. The number of nitrogens with zero attached hydrogens (tertiary/aromatic N) is 3. The number of anilines is 1. The molecule has 0 aliphatic heterocycles. The minimum atomic E-state index is 0.164. The smallest absolute Gasteiger partial charge is 0.221 e. The van der Waals surface area contributed by atoms with Gasteiger partial charge in [-0.1, -0.05) is 30.9 Å². The highest BCUT2D eigenvalue weighted by Crippen LogP contribution is 2.41. The first-order chi connectivity index (χ1) is 14.2. The Kier molecular flexibility index (Phi) is 5.33. The maximum atomic E-state index is 12.4. The molecule has 3 saturated carbocycles. The zero-order valence-electron chi connectivity index (χ0n) is 16.9. The first-order valence-electron chi connectivity index (χ1n) is 11.2. The van der Waals surface area contributed by atoms with Gasteiger partial charge >= 0.3 is 0 Å². The number of benzene rings is 1. The lowest BCUT2D eigenvalue weighted by molar-refractivity contribution is -0.121. The Labute approximate surface area is 177 Å². The number of halogens is 1. The molecule has 5 nitrogen and oxygen atoms in total. The summed E-state index contributed by atoms with van der Waals surface area (Å²) in [4.78, 5) is 24.7. The van der Waals surface area contributed by atoms with Crippen molar-refractivity contribution in [2.24, 2.45) is 0 Å². The molecule has 0 unspecified atom stereocenters. The number of aromatic nitrogens is 2. The van der Waals surface area contributed by atoms with Crippen LogP contribution >= 0.6 is 11.6 Å². The summed E-state index contributed by atoms with van der Waals surface area (Å²) in [7, 11) is 0. The van der Waals surface area contributed by atoms with Crippen LogP contribution in [-0.4, -0.2) is 34.5 Å². The number of hydrogen-bond acceptors (Lipinski definition) is 4. The lowest BCUT2D eigenvalue weighted by Crippen LogP contribution is -2.40. The zero-order chi connectivity index (χ0) is 19.8. The molecule has 0 radical (unpaired) electrons. The molecule has 0 bridgehead atoms. The molecular weight excluding hydrogens is 384 g/mol. The summed E-state index contributed by atoms with van der Waals surface area (Å²) in [6, 6.07) is 6.77. The number of rotatable bonds is 7. The van der Waals surface area contributed by atoms with E-state index in [0.29, 0.717) is 36.0 Å². The van der Waals surface area contributed by atoms with Crippen LogP contribution in [0.4, 0.5) is 5.82 Å². The Bertz CT molecular complexity index is 903. The van der Waals surface area contributed by atoms with Gasteiger partial charge in [0.05, 0.1) is 5.52 Å². The van der Waals surface area contributed by atoms with Crippen molar-refractivity contribution in [2.45, 2.75) is 82.2 Å². The van der Waals surface area contributed by atoms with Gasteiger partial charge in [0.1, 0.15) is 11.6 Å². The van der Waals surface area contributed by atoms with E-state index in [2.05, 4.69) is 10.2 Å². The van der Waals surface area contributed by atoms with Crippen molar-refractivity contribution in [2.75, 3.05) is 11.4 Å². The van der Waals surface area contributed by atoms with Gasteiger partial charge in [-0.3, -0.25) is 4.79 Å². The number of carbonyl (C=O) groups is 1. The van der Waals surface area contributed by atoms with Gasteiger partial charge in [-0.25, -0.2) is 9.97 Å². The molecule has 2 aromatic rings. The number of amides is 1. The second kappa shape index (κ2) is 8.10. The summed E-state index contributed by atoms with van der Waals surface area (Å²) in [5, 5.41) is 4.89. The molecule has 29 heavy (non-hydrogen) atoms. The lowest BCUT2D eigenvalue weighted by atomic mass is 9.93.